The topological polar surface area (TPSA) is 83.8 Å². The zero-order chi connectivity index (χ0) is 15.1. The summed E-state index contributed by atoms with van der Waals surface area (Å²) in [5.41, 5.74) is 3.01. The van der Waals surface area contributed by atoms with Crippen LogP contribution in [-0.2, 0) is 0 Å². The number of furan rings is 1. The number of carbonyl (C=O) groups excluding carboxylic acids is 1. The monoisotopic (exact) mass is 404 g/mol. The summed E-state index contributed by atoms with van der Waals surface area (Å²) in [6.07, 6.45) is 5.71. The Hall–Kier alpha value is -2.42. The number of aromatic nitrogens is 3. The van der Waals surface area contributed by atoms with Crippen molar-refractivity contribution in [1.29, 1.82) is 0 Å². The molecule has 6 nitrogen and oxygen atoms in total. The van der Waals surface area contributed by atoms with Crippen LogP contribution >= 0.6 is 22.6 Å². The maximum Gasteiger partial charge on any atom is 0.191 e. The molecule has 108 valence electrons. The van der Waals surface area contributed by atoms with E-state index in [0.717, 1.165) is 25.5 Å². The number of anilines is 2. The molecule has 3 heterocycles. The van der Waals surface area contributed by atoms with Crippen LogP contribution in [0.1, 0.15) is 10.6 Å². The van der Waals surface area contributed by atoms with Crippen LogP contribution in [0.2, 0.25) is 0 Å². The predicted molar refractivity (Wildman–Crippen MR) is 91.5 cm³/mol. The number of halogens is 1. The van der Waals surface area contributed by atoms with Gasteiger partial charge in [0.2, 0.25) is 0 Å². The highest BCUT2D eigenvalue weighted by molar-refractivity contribution is 14.1. The van der Waals surface area contributed by atoms with Gasteiger partial charge in [-0.1, -0.05) is 0 Å². The molecule has 2 N–H and O–H groups in total. The average Bonchev–Trinajstić information content (AvgIpc) is 3.16. The fourth-order valence-electron chi connectivity index (χ4n) is 2.43. The molecule has 0 aliphatic heterocycles. The van der Waals surface area contributed by atoms with E-state index < -0.39 is 0 Å². The Morgan fingerprint density at radius 3 is 3.00 bits per heavy atom. The average molecular weight is 404 g/mol. The Kier molecular flexibility index (Phi) is 3.07. The number of nitrogens with one attached hydrogen (secondary N) is 2. The minimum absolute atomic E-state index is 0.248. The molecular weight excluding hydrogens is 395 g/mol. The second-order valence-electron chi connectivity index (χ2n) is 4.71. The van der Waals surface area contributed by atoms with Crippen molar-refractivity contribution in [2.24, 2.45) is 0 Å². The van der Waals surface area contributed by atoms with Gasteiger partial charge in [-0.2, -0.15) is 5.10 Å². The van der Waals surface area contributed by atoms with E-state index in [1.54, 1.807) is 18.6 Å². The molecule has 0 spiro atoms. The predicted octanol–water partition coefficient (Wildman–Crippen LogP) is 3.86. The number of benzene rings is 1. The number of aldehydes is 1. The molecule has 3 aromatic heterocycles. The second-order valence-corrected chi connectivity index (χ2v) is 5.87. The molecule has 0 unspecified atom stereocenters. The molecule has 0 atom stereocenters. The number of rotatable bonds is 3. The maximum absolute atomic E-state index is 11.3. The second kappa shape index (κ2) is 5.09. The van der Waals surface area contributed by atoms with Gasteiger partial charge in [0.15, 0.2) is 17.6 Å². The Bertz CT molecular complexity index is 1010. The third-order valence-electron chi connectivity index (χ3n) is 3.45. The minimum Gasteiger partial charge on any atom is -0.449 e. The van der Waals surface area contributed by atoms with E-state index in [-0.39, 0.29) is 5.76 Å². The number of H-pyrrole nitrogens is 1. The van der Waals surface area contributed by atoms with Gasteiger partial charge >= 0.3 is 0 Å². The van der Waals surface area contributed by atoms with E-state index in [1.165, 1.54) is 0 Å². The fourth-order valence-corrected chi connectivity index (χ4v) is 3.02. The molecule has 1 aromatic carbocycles. The van der Waals surface area contributed by atoms with Gasteiger partial charge in [-0.3, -0.25) is 14.9 Å². The largest absolute Gasteiger partial charge is 0.449 e. The number of carbonyl (C=O) groups is 1. The molecule has 22 heavy (non-hydrogen) atoms. The molecule has 7 heteroatoms. The van der Waals surface area contributed by atoms with Gasteiger partial charge in [0.05, 0.1) is 23.6 Å². The molecule has 0 fully saturated rings. The summed E-state index contributed by atoms with van der Waals surface area (Å²) in [5.74, 6) is 0.248. The number of hydrogen-bond donors (Lipinski definition) is 2. The molecule has 0 amide bonds. The van der Waals surface area contributed by atoms with E-state index >= 15 is 0 Å². The lowest BCUT2D eigenvalue weighted by Crippen LogP contribution is -1.94. The molecule has 0 bridgehead atoms. The summed E-state index contributed by atoms with van der Waals surface area (Å²) in [6.45, 7) is 0. The highest BCUT2D eigenvalue weighted by Gasteiger charge is 2.15. The van der Waals surface area contributed by atoms with Crippen LogP contribution in [0.4, 0.5) is 11.4 Å². The van der Waals surface area contributed by atoms with Crippen molar-refractivity contribution in [1.82, 2.24) is 15.2 Å². The first-order valence-electron chi connectivity index (χ1n) is 6.48. The lowest BCUT2D eigenvalue weighted by atomic mass is 10.2. The Balaban J connectivity index is 1.91. The minimum atomic E-state index is 0.248. The SMILES string of the molecule is O=Cc1oc2cnccc2c1Nc1ccc(I)c2[nH]ncc12. The third-order valence-corrected chi connectivity index (χ3v) is 4.35. The third kappa shape index (κ3) is 1.97. The highest BCUT2D eigenvalue weighted by Crippen LogP contribution is 2.34. The molecule has 0 aliphatic carbocycles. The molecule has 4 aromatic rings. The molecular formula is C15H9IN4O2. The normalized spacial score (nSPS) is 11.1. The first kappa shape index (κ1) is 13.3. The van der Waals surface area contributed by atoms with E-state index in [2.05, 4.69) is 43.1 Å². The lowest BCUT2D eigenvalue weighted by Gasteiger charge is -2.07. The zero-order valence-corrected chi connectivity index (χ0v) is 13.3. The molecule has 0 saturated heterocycles. The van der Waals surface area contributed by atoms with Crippen LogP contribution in [0.3, 0.4) is 0 Å². The van der Waals surface area contributed by atoms with Crippen LogP contribution in [0.5, 0.6) is 0 Å². The van der Waals surface area contributed by atoms with Crippen LogP contribution in [-0.4, -0.2) is 21.5 Å². The lowest BCUT2D eigenvalue weighted by molar-refractivity contribution is 0.110. The maximum atomic E-state index is 11.3. The van der Waals surface area contributed by atoms with Gasteiger partial charge in [-0.05, 0) is 40.8 Å². The van der Waals surface area contributed by atoms with Gasteiger partial charge in [0.25, 0.3) is 0 Å². The van der Waals surface area contributed by atoms with Crippen molar-refractivity contribution >= 4 is 62.1 Å². The van der Waals surface area contributed by atoms with Gasteiger partial charge in [-0.25, -0.2) is 0 Å². The zero-order valence-electron chi connectivity index (χ0n) is 11.1. The smallest absolute Gasteiger partial charge is 0.191 e. The summed E-state index contributed by atoms with van der Waals surface area (Å²) < 4.78 is 6.60. The summed E-state index contributed by atoms with van der Waals surface area (Å²) in [6, 6.07) is 5.75. The summed E-state index contributed by atoms with van der Waals surface area (Å²) in [4.78, 5) is 15.3. The number of pyridine rings is 1. The molecule has 0 radical (unpaired) electrons. The number of fused-ring (bicyclic) bond motifs is 2. The van der Waals surface area contributed by atoms with Crippen molar-refractivity contribution in [2.45, 2.75) is 0 Å². The van der Waals surface area contributed by atoms with Crippen molar-refractivity contribution < 1.29 is 9.21 Å². The molecule has 0 aliphatic rings. The quantitative estimate of drug-likeness (QED) is 0.400. The molecule has 0 saturated carbocycles. The summed E-state index contributed by atoms with van der Waals surface area (Å²) in [7, 11) is 0. The van der Waals surface area contributed by atoms with Crippen molar-refractivity contribution in [3.8, 4) is 0 Å². The van der Waals surface area contributed by atoms with Gasteiger partial charge in [-0.15, -0.1) is 0 Å². The van der Waals surface area contributed by atoms with Gasteiger partial charge in [0.1, 0.15) is 0 Å². The first-order valence-corrected chi connectivity index (χ1v) is 7.56. The van der Waals surface area contributed by atoms with Crippen LogP contribution in [0, 0.1) is 3.57 Å². The Labute approximate surface area is 138 Å². The van der Waals surface area contributed by atoms with E-state index in [4.69, 9.17) is 4.42 Å². The van der Waals surface area contributed by atoms with Crippen LogP contribution in [0.25, 0.3) is 21.9 Å². The van der Waals surface area contributed by atoms with Crippen molar-refractivity contribution in [2.75, 3.05) is 5.32 Å². The first-order chi connectivity index (χ1) is 10.8. The summed E-state index contributed by atoms with van der Waals surface area (Å²) in [5, 5.41) is 12.1. The highest BCUT2D eigenvalue weighted by atomic mass is 127. The molecule has 4 rings (SSSR count). The van der Waals surface area contributed by atoms with Crippen molar-refractivity contribution in [3.05, 3.63) is 46.1 Å². The summed E-state index contributed by atoms with van der Waals surface area (Å²) >= 11 is 2.25. The van der Waals surface area contributed by atoms with Gasteiger partial charge < -0.3 is 9.73 Å². The number of aromatic amines is 1. The standard InChI is InChI=1S/C15H9IN4O2/c16-10-1-2-11(9-5-18-20-14(9)10)19-15-8-3-4-17-6-12(8)22-13(15)7-21/h1-7,19H,(H,18,20). The van der Waals surface area contributed by atoms with E-state index in [0.29, 0.717) is 17.6 Å². The Morgan fingerprint density at radius 1 is 1.23 bits per heavy atom. The van der Waals surface area contributed by atoms with E-state index in [9.17, 15) is 4.79 Å². The van der Waals surface area contributed by atoms with Crippen molar-refractivity contribution in [3.63, 3.8) is 0 Å². The fraction of sp³-hybridized carbons (Fsp3) is 0. The number of nitrogens with zero attached hydrogens (tertiary/aromatic N) is 2. The van der Waals surface area contributed by atoms with Gasteiger partial charge in [0, 0.05) is 26.2 Å². The van der Waals surface area contributed by atoms with E-state index in [1.807, 2.05) is 18.2 Å². The Morgan fingerprint density at radius 2 is 2.14 bits per heavy atom. The van der Waals surface area contributed by atoms with Crippen LogP contribution < -0.4 is 5.32 Å². The van der Waals surface area contributed by atoms with Crippen LogP contribution in [0.15, 0.2) is 41.2 Å². The number of hydrogen-bond acceptors (Lipinski definition) is 5.